The van der Waals surface area contributed by atoms with Gasteiger partial charge >= 0.3 is 11.8 Å². The van der Waals surface area contributed by atoms with E-state index in [1.165, 1.54) is 0 Å². The normalized spacial score (nSPS) is 9.82. The summed E-state index contributed by atoms with van der Waals surface area (Å²) in [5.41, 5.74) is 1.23. The van der Waals surface area contributed by atoms with Gasteiger partial charge in [0.05, 0.1) is 0 Å². The van der Waals surface area contributed by atoms with E-state index < -0.39 is 11.8 Å². The van der Waals surface area contributed by atoms with Crippen molar-refractivity contribution in [2.24, 2.45) is 0 Å². The first-order valence-electron chi connectivity index (χ1n) is 4.96. The molecule has 2 amide bonds. The summed E-state index contributed by atoms with van der Waals surface area (Å²) in [5.74, 6) is -1.19. The number of alkyl halides is 1. The summed E-state index contributed by atoms with van der Waals surface area (Å²) in [6.45, 7) is 2.01. The smallest absolute Gasteiger partial charge is 0.313 e. The van der Waals surface area contributed by atoms with Crippen LogP contribution >= 0.6 is 23.2 Å². The van der Waals surface area contributed by atoms with Gasteiger partial charge in [0.15, 0.2) is 0 Å². The number of carbonyl (C=O) groups is 2. The highest BCUT2D eigenvalue weighted by atomic mass is 35.5. The first kappa shape index (κ1) is 13.8. The molecule has 0 bridgehead atoms. The minimum absolute atomic E-state index is 0.252. The van der Waals surface area contributed by atoms with Crippen molar-refractivity contribution in [3.05, 3.63) is 28.8 Å². The van der Waals surface area contributed by atoms with Crippen molar-refractivity contribution in [1.82, 2.24) is 5.32 Å². The first-order chi connectivity index (χ1) is 8.06. The van der Waals surface area contributed by atoms with Gasteiger partial charge in [0.1, 0.15) is 0 Å². The molecule has 0 unspecified atom stereocenters. The molecule has 2 N–H and O–H groups in total. The number of halogens is 2. The van der Waals surface area contributed by atoms with Gasteiger partial charge in [-0.1, -0.05) is 17.7 Å². The fraction of sp³-hybridized carbons (Fsp3) is 0.273. The van der Waals surface area contributed by atoms with Gasteiger partial charge in [0.2, 0.25) is 0 Å². The van der Waals surface area contributed by atoms with Gasteiger partial charge in [-0.15, -0.1) is 11.6 Å². The van der Waals surface area contributed by atoms with E-state index in [9.17, 15) is 9.59 Å². The zero-order valence-corrected chi connectivity index (χ0v) is 10.7. The molecule has 0 radical (unpaired) electrons. The molecule has 0 fully saturated rings. The van der Waals surface area contributed by atoms with Crippen molar-refractivity contribution in [2.75, 3.05) is 17.7 Å². The van der Waals surface area contributed by atoms with E-state index in [4.69, 9.17) is 23.2 Å². The molecule has 4 nitrogen and oxygen atoms in total. The van der Waals surface area contributed by atoms with Crippen LogP contribution in [0.15, 0.2) is 18.2 Å². The number of nitrogens with one attached hydrogen (secondary N) is 2. The molecule has 0 aliphatic rings. The lowest BCUT2D eigenvalue weighted by molar-refractivity contribution is -0.136. The zero-order chi connectivity index (χ0) is 12.8. The van der Waals surface area contributed by atoms with Crippen LogP contribution in [0.1, 0.15) is 5.56 Å². The van der Waals surface area contributed by atoms with Gasteiger partial charge in [0, 0.05) is 23.1 Å². The second-order valence-corrected chi connectivity index (χ2v) is 4.10. The third-order valence-electron chi connectivity index (χ3n) is 2.10. The molecule has 0 aliphatic carbocycles. The quantitative estimate of drug-likeness (QED) is 0.654. The van der Waals surface area contributed by atoms with E-state index >= 15 is 0 Å². The Morgan fingerprint density at radius 2 is 2.00 bits per heavy atom. The molecule has 6 heteroatoms. The average Bonchev–Trinajstić information content (AvgIpc) is 2.31. The highest BCUT2D eigenvalue weighted by Crippen LogP contribution is 2.22. The van der Waals surface area contributed by atoms with Crippen molar-refractivity contribution in [1.29, 1.82) is 0 Å². The van der Waals surface area contributed by atoms with E-state index in [1.54, 1.807) is 25.1 Å². The van der Waals surface area contributed by atoms with Gasteiger partial charge < -0.3 is 10.6 Å². The number of hydrogen-bond acceptors (Lipinski definition) is 2. The van der Waals surface area contributed by atoms with Crippen LogP contribution in [0.5, 0.6) is 0 Å². The van der Waals surface area contributed by atoms with Crippen LogP contribution in [0.25, 0.3) is 0 Å². The lowest BCUT2D eigenvalue weighted by Gasteiger charge is -2.09. The molecule has 0 heterocycles. The van der Waals surface area contributed by atoms with E-state index in [-0.39, 0.29) is 12.4 Å². The molecule has 0 atom stereocenters. The summed E-state index contributed by atoms with van der Waals surface area (Å²) in [7, 11) is 0. The molecule has 0 aromatic heterocycles. The fourth-order valence-corrected chi connectivity index (χ4v) is 1.43. The zero-order valence-electron chi connectivity index (χ0n) is 9.22. The number of anilines is 1. The Morgan fingerprint density at radius 1 is 1.29 bits per heavy atom. The third-order valence-corrected chi connectivity index (χ3v) is 2.70. The van der Waals surface area contributed by atoms with Gasteiger partial charge in [-0.3, -0.25) is 9.59 Å². The predicted molar refractivity (Wildman–Crippen MR) is 68.5 cm³/mol. The SMILES string of the molecule is Cc1c(Cl)cccc1NC(=O)C(=O)NCCCl. The minimum atomic E-state index is -0.736. The lowest BCUT2D eigenvalue weighted by Crippen LogP contribution is -2.36. The van der Waals surface area contributed by atoms with Crippen LogP contribution in [0.2, 0.25) is 5.02 Å². The van der Waals surface area contributed by atoms with Crippen molar-refractivity contribution in [3.63, 3.8) is 0 Å². The highest BCUT2D eigenvalue weighted by Gasteiger charge is 2.14. The van der Waals surface area contributed by atoms with Crippen molar-refractivity contribution in [2.45, 2.75) is 6.92 Å². The molecule has 1 aromatic rings. The molecule has 92 valence electrons. The van der Waals surface area contributed by atoms with E-state index in [2.05, 4.69) is 10.6 Å². The maximum absolute atomic E-state index is 11.5. The summed E-state index contributed by atoms with van der Waals surface area (Å²) >= 11 is 11.3. The van der Waals surface area contributed by atoms with Crippen LogP contribution in [0.4, 0.5) is 5.69 Å². The maximum Gasteiger partial charge on any atom is 0.313 e. The second kappa shape index (κ2) is 6.47. The third kappa shape index (κ3) is 3.91. The van der Waals surface area contributed by atoms with Crippen LogP contribution in [0.3, 0.4) is 0 Å². The Labute approximate surface area is 109 Å². The summed E-state index contributed by atoms with van der Waals surface area (Å²) in [4.78, 5) is 22.8. The molecule has 1 rings (SSSR count). The summed E-state index contributed by atoms with van der Waals surface area (Å²) in [6, 6.07) is 5.08. The summed E-state index contributed by atoms with van der Waals surface area (Å²) in [5, 5.41) is 5.38. The standard InChI is InChI=1S/C11H12Cl2N2O2/c1-7-8(13)3-2-4-9(7)15-11(17)10(16)14-6-5-12/h2-4H,5-6H2,1H3,(H,14,16)(H,15,17). The molecule has 0 aliphatic heterocycles. The van der Waals surface area contributed by atoms with Gasteiger partial charge in [-0.05, 0) is 24.6 Å². The highest BCUT2D eigenvalue weighted by molar-refractivity contribution is 6.40. The van der Waals surface area contributed by atoms with E-state index in [0.717, 1.165) is 0 Å². The Kier molecular flexibility index (Phi) is 5.25. The van der Waals surface area contributed by atoms with Crippen molar-refractivity contribution < 1.29 is 9.59 Å². The van der Waals surface area contributed by atoms with Gasteiger partial charge in [-0.25, -0.2) is 0 Å². The number of benzene rings is 1. The second-order valence-electron chi connectivity index (χ2n) is 3.31. The average molecular weight is 275 g/mol. The topological polar surface area (TPSA) is 58.2 Å². The summed E-state index contributed by atoms with van der Waals surface area (Å²) in [6.07, 6.45) is 0. The molecule has 17 heavy (non-hydrogen) atoms. The van der Waals surface area contributed by atoms with Gasteiger partial charge in [-0.2, -0.15) is 0 Å². The molecular formula is C11H12Cl2N2O2. The Hall–Kier alpha value is -1.26. The first-order valence-corrected chi connectivity index (χ1v) is 5.87. The number of rotatable bonds is 3. The van der Waals surface area contributed by atoms with E-state index in [0.29, 0.717) is 16.3 Å². The van der Waals surface area contributed by atoms with Crippen LogP contribution in [-0.4, -0.2) is 24.2 Å². The van der Waals surface area contributed by atoms with Crippen LogP contribution in [0, 0.1) is 6.92 Å². The van der Waals surface area contributed by atoms with Crippen LogP contribution < -0.4 is 10.6 Å². The Bertz CT molecular complexity index is 435. The molecule has 0 spiro atoms. The van der Waals surface area contributed by atoms with Crippen molar-refractivity contribution in [3.8, 4) is 0 Å². The predicted octanol–water partition coefficient (Wildman–Crippen LogP) is 1.94. The fourth-order valence-electron chi connectivity index (χ4n) is 1.16. The van der Waals surface area contributed by atoms with Gasteiger partial charge in [0.25, 0.3) is 0 Å². The number of amides is 2. The Morgan fingerprint density at radius 3 is 2.65 bits per heavy atom. The maximum atomic E-state index is 11.5. The molecule has 1 aromatic carbocycles. The number of carbonyl (C=O) groups excluding carboxylic acids is 2. The largest absolute Gasteiger partial charge is 0.347 e. The molecule has 0 saturated heterocycles. The van der Waals surface area contributed by atoms with Crippen molar-refractivity contribution >= 4 is 40.7 Å². The summed E-state index contributed by atoms with van der Waals surface area (Å²) < 4.78 is 0. The molecule has 0 saturated carbocycles. The monoisotopic (exact) mass is 274 g/mol. The number of hydrogen-bond donors (Lipinski definition) is 2. The Balaban J connectivity index is 2.68. The van der Waals surface area contributed by atoms with E-state index in [1.807, 2.05) is 0 Å². The van der Waals surface area contributed by atoms with Crippen LogP contribution in [-0.2, 0) is 9.59 Å². The lowest BCUT2D eigenvalue weighted by atomic mass is 10.2. The molecular weight excluding hydrogens is 263 g/mol. The minimum Gasteiger partial charge on any atom is -0.347 e.